The minimum absolute atomic E-state index is 0. The molecule has 0 aliphatic rings. The number of hydrogen-bond donors (Lipinski definition) is 1. The summed E-state index contributed by atoms with van der Waals surface area (Å²) in [4.78, 5) is 9.32. The van der Waals surface area contributed by atoms with E-state index in [0.29, 0.717) is 0 Å². The van der Waals surface area contributed by atoms with Gasteiger partial charge < -0.3 is 12.0 Å². The normalized spacial score (nSPS) is 6.11. The third-order valence-electron chi connectivity index (χ3n) is 0.114. The first-order chi connectivity index (χ1) is 3.68. The SMILES string of the molecule is O=C(O)CBr.[CH2-]CC.[Li+]. The molecule has 50 valence electrons. The van der Waals surface area contributed by atoms with Crippen LogP contribution in [-0.2, 0) is 4.79 Å². The predicted molar refractivity (Wildman–Crippen MR) is 37.1 cm³/mol. The van der Waals surface area contributed by atoms with E-state index in [1.165, 1.54) is 0 Å². The Hall–Kier alpha value is 0.547. The molecule has 0 spiro atoms. The van der Waals surface area contributed by atoms with Gasteiger partial charge in [0.15, 0.2) is 0 Å². The van der Waals surface area contributed by atoms with Crippen LogP contribution in [0.15, 0.2) is 0 Å². The molecule has 0 aliphatic heterocycles. The molecule has 4 heteroatoms. The molecule has 0 aromatic rings. The summed E-state index contributed by atoms with van der Waals surface area (Å²) >= 11 is 2.71. The van der Waals surface area contributed by atoms with Crippen molar-refractivity contribution in [3.63, 3.8) is 0 Å². The maximum Gasteiger partial charge on any atom is 1.00 e. The van der Waals surface area contributed by atoms with Crippen LogP contribution in [0.5, 0.6) is 0 Å². The predicted octanol–water partition coefficient (Wildman–Crippen LogP) is -1.30. The Morgan fingerprint density at radius 2 is 1.89 bits per heavy atom. The second-order valence-electron chi connectivity index (χ2n) is 1.03. The molecule has 0 saturated carbocycles. The Bertz CT molecular complexity index is 58.9. The Kier molecular flexibility index (Phi) is 28.6. The van der Waals surface area contributed by atoms with Crippen LogP contribution in [0.3, 0.4) is 0 Å². The zero-order valence-electron chi connectivity index (χ0n) is 5.85. The summed E-state index contributed by atoms with van der Waals surface area (Å²) in [7, 11) is 0. The molecule has 0 rings (SSSR count). The fourth-order valence-corrected chi connectivity index (χ4v) is 0. The summed E-state index contributed by atoms with van der Waals surface area (Å²) < 4.78 is 0. The van der Waals surface area contributed by atoms with Gasteiger partial charge in [-0.25, -0.2) is 0 Å². The molecule has 2 nitrogen and oxygen atoms in total. The summed E-state index contributed by atoms with van der Waals surface area (Å²) in [5.41, 5.74) is 0. The van der Waals surface area contributed by atoms with Crippen LogP contribution < -0.4 is 18.9 Å². The van der Waals surface area contributed by atoms with E-state index in [4.69, 9.17) is 5.11 Å². The van der Waals surface area contributed by atoms with E-state index in [1.807, 2.05) is 6.92 Å². The van der Waals surface area contributed by atoms with E-state index in [9.17, 15) is 4.79 Å². The second-order valence-corrected chi connectivity index (χ2v) is 1.59. The maximum absolute atomic E-state index is 9.32. The van der Waals surface area contributed by atoms with Crippen LogP contribution in [0, 0.1) is 6.92 Å². The summed E-state index contributed by atoms with van der Waals surface area (Å²) in [5, 5.41) is 7.71. The average molecular weight is 189 g/mol. The zero-order chi connectivity index (χ0) is 6.99. The van der Waals surface area contributed by atoms with Crippen LogP contribution in [0.1, 0.15) is 13.3 Å². The quantitative estimate of drug-likeness (QED) is 0.316. The number of carboxylic acids is 1. The number of aliphatic carboxylic acids is 1. The van der Waals surface area contributed by atoms with E-state index in [0.717, 1.165) is 6.42 Å². The van der Waals surface area contributed by atoms with Crippen molar-refractivity contribution < 1.29 is 28.8 Å². The molecule has 0 saturated heterocycles. The van der Waals surface area contributed by atoms with Gasteiger partial charge in [0, 0.05) is 0 Å². The van der Waals surface area contributed by atoms with Gasteiger partial charge in [0.05, 0.1) is 0 Å². The first kappa shape index (κ1) is 16.3. The molecule has 0 aromatic carbocycles. The first-order valence-electron chi connectivity index (χ1n) is 2.26. The van der Waals surface area contributed by atoms with Crippen LogP contribution >= 0.6 is 15.9 Å². The molecule has 1 N–H and O–H groups in total. The fourth-order valence-electron chi connectivity index (χ4n) is 0. The Morgan fingerprint density at radius 3 is 1.89 bits per heavy atom. The second kappa shape index (κ2) is 15.8. The molecule has 0 unspecified atom stereocenters. The average Bonchev–Trinajstić information content (AvgIpc) is 1.69. The summed E-state index contributed by atoms with van der Waals surface area (Å²) in [6.07, 6.45) is 1.00. The van der Waals surface area contributed by atoms with E-state index >= 15 is 0 Å². The van der Waals surface area contributed by atoms with Gasteiger partial charge in [0.1, 0.15) is 5.33 Å². The van der Waals surface area contributed by atoms with Gasteiger partial charge in [-0.15, -0.1) is 0 Å². The van der Waals surface area contributed by atoms with Gasteiger partial charge in [-0.05, 0) is 0 Å². The summed E-state index contributed by atoms with van der Waals surface area (Å²) in [6, 6.07) is 0. The number of halogens is 1. The van der Waals surface area contributed by atoms with Gasteiger partial charge in [-0.3, -0.25) is 4.79 Å². The molecule has 0 radical (unpaired) electrons. The Morgan fingerprint density at radius 1 is 1.78 bits per heavy atom. The van der Waals surface area contributed by atoms with E-state index < -0.39 is 5.97 Å². The zero-order valence-corrected chi connectivity index (χ0v) is 7.44. The van der Waals surface area contributed by atoms with Crippen molar-refractivity contribution >= 4 is 21.9 Å². The van der Waals surface area contributed by atoms with Crippen molar-refractivity contribution in [1.29, 1.82) is 0 Å². The largest absolute Gasteiger partial charge is 1.00 e. The number of hydrogen-bond acceptors (Lipinski definition) is 1. The molecule has 0 aliphatic carbocycles. The number of carboxylic acid groups (broad SMARTS) is 1. The van der Waals surface area contributed by atoms with E-state index in [-0.39, 0.29) is 24.2 Å². The molecule has 0 aromatic heterocycles. The third-order valence-corrected chi connectivity index (χ3v) is 0.594. The summed E-state index contributed by atoms with van der Waals surface area (Å²) in [6.45, 7) is 5.50. The summed E-state index contributed by atoms with van der Waals surface area (Å²) in [5.74, 6) is -0.829. The molecule has 0 heterocycles. The minimum Gasteiger partial charge on any atom is -0.481 e. The third kappa shape index (κ3) is 56.5. The molecule has 0 bridgehead atoms. The van der Waals surface area contributed by atoms with Crippen LogP contribution in [-0.4, -0.2) is 16.4 Å². The van der Waals surface area contributed by atoms with Gasteiger partial charge in [-0.1, -0.05) is 22.9 Å². The van der Waals surface area contributed by atoms with Crippen molar-refractivity contribution in [3.8, 4) is 0 Å². The van der Waals surface area contributed by atoms with Crippen molar-refractivity contribution in [3.05, 3.63) is 6.92 Å². The molecule has 0 amide bonds. The smallest absolute Gasteiger partial charge is 0.481 e. The van der Waals surface area contributed by atoms with Crippen LogP contribution in [0.2, 0.25) is 0 Å². The Balaban J connectivity index is -0.0000000800. The number of rotatable bonds is 1. The van der Waals surface area contributed by atoms with Gasteiger partial charge in [0.25, 0.3) is 0 Å². The van der Waals surface area contributed by atoms with Crippen molar-refractivity contribution in [2.24, 2.45) is 0 Å². The minimum atomic E-state index is -0.829. The first-order valence-corrected chi connectivity index (χ1v) is 3.38. The van der Waals surface area contributed by atoms with Crippen molar-refractivity contribution in [2.75, 3.05) is 5.33 Å². The van der Waals surface area contributed by atoms with Crippen LogP contribution in [0.4, 0.5) is 0 Å². The molecular weight excluding hydrogens is 179 g/mol. The molecule has 0 atom stereocenters. The standard InChI is InChI=1S/C3H7.C2H3BrO2.Li/c1-3-2;3-1-2(4)5;/h1,3H2,2H3;1H2,(H,4,5);/q-1;;+1. The fraction of sp³-hybridized carbons (Fsp3) is 0.600. The molecular formula is C5H10BrLiO2. The van der Waals surface area contributed by atoms with Crippen molar-refractivity contribution in [1.82, 2.24) is 0 Å². The number of carbonyl (C=O) groups is 1. The van der Waals surface area contributed by atoms with Gasteiger partial charge in [-0.2, -0.15) is 6.42 Å². The van der Waals surface area contributed by atoms with Gasteiger partial charge >= 0.3 is 24.8 Å². The van der Waals surface area contributed by atoms with E-state index in [2.05, 4.69) is 22.9 Å². The van der Waals surface area contributed by atoms with Gasteiger partial charge in [0.2, 0.25) is 0 Å². The van der Waals surface area contributed by atoms with E-state index in [1.54, 1.807) is 0 Å². The topological polar surface area (TPSA) is 37.3 Å². The molecule has 0 fully saturated rings. The molecule has 9 heavy (non-hydrogen) atoms. The Labute approximate surface area is 76.3 Å². The van der Waals surface area contributed by atoms with Crippen LogP contribution in [0.25, 0.3) is 0 Å². The monoisotopic (exact) mass is 188 g/mol. The van der Waals surface area contributed by atoms with Crippen molar-refractivity contribution in [2.45, 2.75) is 13.3 Å². The number of alkyl halides is 1. The maximum atomic E-state index is 9.32.